The highest BCUT2D eigenvalue weighted by atomic mass is 32.1. The van der Waals surface area contributed by atoms with Gasteiger partial charge in [-0.25, -0.2) is 9.37 Å². The minimum atomic E-state index is -0.284. The van der Waals surface area contributed by atoms with Gasteiger partial charge in [0.2, 0.25) is 5.91 Å². The molecule has 2 rings (SSSR count). The van der Waals surface area contributed by atoms with Gasteiger partial charge in [-0.15, -0.1) is 11.3 Å². The number of benzene rings is 1. The van der Waals surface area contributed by atoms with Gasteiger partial charge in [0.25, 0.3) is 0 Å². The van der Waals surface area contributed by atoms with Crippen LogP contribution in [0.25, 0.3) is 10.6 Å². The normalized spacial score (nSPS) is 10.3. The van der Waals surface area contributed by atoms with Crippen LogP contribution in [0.1, 0.15) is 12.6 Å². The fourth-order valence-corrected chi connectivity index (χ4v) is 2.38. The maximum atomic E-state index is 13.1. The van der Waals surface area contributed by atoms with Crippen molar-refractivity contribution in [1.82, 2.24) is 10.3 Å². The fourth-order valence-electron chi connectivity index (χ4n) is 1.57. The minimum absolute atomic E-state index is 0.0476. The molecule has 0 spiro atoms. The Kier molecular flexibility index (Phi) is 4.04. The highest BCUT2D eigenvalue weighted by Crippen LogP contribution is 2.24. The van der Waals surface area contributed by atoms with Crippen LogP contribution in [0.3, 0.4) is 0 Å². The van der Waals surface area contributed by atoms with Gasteiger partial charge in [0.15, 0.2) is 0 Å². The summed E-state index contributed by atoms with van der Waals surface area (Å²) in [5.74, 6) is -0.332. The molecule has 0 saturated carbocycles. The third-order valence-corrected chi connectivity index (χ3v) is 3.28. The summed E-state index contributed by atoms with van der Waals surface area (Å²) in [5, 5.41) is 5.28. The van der Waals surface area contributed by atoms with Gasteiger partial charge in [0.05, 0.1) is 12.1 Å². The van der Waals surface area contributed by atoms with Crippen molar-refractivity contribution in [3.8, 4) is 10.6 Å². The molecule has 18 heavy (non-hydrogen) atoms. The number of nitrogens with zero attached hydrogens (tertiary/aromatic N) is 1. The molecule has 0 unspecified atom stereocenters. The average Bonchev–Trinajstić information content (AvgIpc) is 2.78. The largest absolute Gasteiger partial charge is 0.356 e. The number of aromatic nitrogens is 1. The van der Waals surface area contributed by atoms with Gasteiger partial charge < -0.3 is 5.32 Å². The Morgan fingerprint density at radius 2 is 2.33 bits per heavy atom. The molecular weight excluding hydrogens is 251 g/mol. The molecule has 0 bridgehead atoms. The lowest BCUT2D eigenvalue weighted by Gasteiger charge is -1.98. The van der Waals surface area contributed by atoms with Crippen LogP contribution in [0, 0.1) is 5.82 Å². The zero-order valence-corrected chi connectivity index (χ0v) is 10.8. The van der Waals surface area contributed by atoms with Crippen LogP contribution < -0.4 is 5.32 Å². The van der Waals surface area contributed by atoms with Crippen molar-refractivity contribution >= 4 is 17.2 Å². The SMILES string of the molecule is CCNC(=O)Cc1csc(-c2cccc(F)c2)n1. The second-order valence-electron chi connectivity index (χ2n) is 3.78. The van der Waals surface area contributed by atoms with E-state index in [0.29, 0.717) is 12.2 Å². The summed E-state index contributed by atoms with van der Waals surface area (Å²) in [6.45, 7) is 2.48. The van der Waals surface area contributed by atoms with E-state index in [9.17, 15) is 9.18 Å². The number of nitrogens with one attached hydrogen (secondary N) is 1. The van der Waals surface area contributed by atoms with Crippen LogP contribution in [-0.4, -0.2) is 17.4 Å². The van der Waals surface area contributed by atoms with E-state index in [2.05, 4.69) is 10.3 Å². The minimum Gasteiger partial charge on any atom is -0.356 e. The van der Waals surface area contributed by atoms with Crippen LogP contribution in [-0.2, 0) is 11.2 Å². The second kappa shape index (κ2) is 5.73. The molecule has 0 atom stereocenters. The number of rotatable bonds is 4. The van der Waals surface area contributed by atoms with E-state index in [4.69, 9.17) is 0 Å². The number of hydrogen-bond donors (Lipinski definition) is 1. The molecule has 1 aromatic carbocycles. The van der Waals surface area contributed by atoms with E-state index >= 15 is 0 Å². The summed E-state index contributed by atoms with van der Waals surface area (Å²) in [4.78, 5) is 15.7. The fraction of sp³-hybridized carbons (Fsp3) is 0.231. The molecule has 0 aliphatic rings. The highest BCUT2D eigenvalue weighted by molar-refractivity contribution is 7.13. The molecule has 3 nitrogen and oxygen atoms in total. The Bertz CT molecular complexity index is 553. The van der Waals surface area contributed by atoms with E-state index in [0.717, 1.165) is 10.6 Å². The maximum Gasteiger partial charge on any atom is 0.226 e. The molecule has 0 radical (unpaired) electrons. The van der Waals surface area contributed by atoms with Gasteiger partial charge in [-0.05, 0) is 19.1 Å². The molecule has 0 aliphatic carbocycles. The predicted octanol–water partition coefficient (Wildman–Crippen LogP) is 2.63. The number of carbonyl (C=O) groups excluding carboxylic acids is 1. The smallest absolute Gasteiger partial charge is 0.226 e. The quantitative estimate of drug-likeness (QED) is 0.922. The third kappa shape index (κ3) is 3.13. The summed E-state index contributed by atoms with van der Waals surface area (Å²) in [7, 11) is 0. The standard InChI is InChI=1S/C13H13FN2OS/c1-2-15-12(17)7-11-8-18-13(16-11)9-4-3-5-10(14)6-9/h3-6,8H,2,7H2,1H3,(H,15,17). The Morgan fingerprint density at radius 1 is 1.50 bits per heavy atom. The van der Waals surface area contributed by atoms with E-state index < -0.39 is 0 Å². The average molecular weight is 264 g/mol. The second-order valence-corrected chi connectivity index (χ2v) is 4.64. The topological polar surface area (TPSA) is 42.0 Å². The summed E-state index contributed by atoms with van der Waals surface area (Å²) in [6.07, 6.45) is 0.264. The number of likely N-dealkylation sites (N-methyl/N-ethyl adjacent to an activating group) is 1. The lowest BCUT2D eigenvalue weighted by atomic mass is 10.2. The van der Waals surface area contributed by atoms with Crippen LogP contribution >= 0.6 is 11.3 Å². The summed E-state index contributed by atoms with van der Waals surface area (Å²) >= 11 is 1.41. The monoisotopic (exact) mass is 264 g/mol. The first-order chi connectivity index (χ1) is 8.69. The molecule has 0 aliphatic heterocycles. The first-order valence-corrected chi connectivity index (χ1v) is 6.54. The van der Waals surface area contributed by atoms with Crippen molar-refractivity contribution in [1.29, 1.82) is 0 Å². The summed E-state index contributed by atoms with van der Waals surface area (Å²) < 4.78 is 13.1. The van der Waals surface area contributed by atoms with Crippen molar-refractivity contribution in [3.05, 3.63) is 41.2 Å². The van der Waals surface area contributed by atoms with E-state index in [1.807, 2.05) is 12.3 Å². The molecule has 1 heterocycles. The molecule has 1 N–H and O–H groups in total. The number of thiazole rings is 1. The van der Waals surface area contributed by atoms with E-state index in [-0.39, 0.29) is 18.1 Å². The van der Waals surface area contributed by atoms with Gasteiger partial charge in [0.1, 0.15) is 10.8 Å². The lowest BCUT2D eigenvalue weighted by molar-refractivity contribution is -0.120. The number of carbonyl (C=O) groups is 1. The van der Waals surface area contributed by atoms with Crippen LogP contribution in [0.4, 0.5) is 4.39 Å². The summed E-state index contributed by atoms with van der Waals surface area (Å²) in [6, 6.07) is 6.29. The molecule has 1 amide bonds. The first-order valence-electron chi connectivity index (χ1n) is 5.66. The Morgan fingerprint density at radius 3 is 3.06 bits per heavy atom. The van der Waals surface area contributed by atoms with Crippen LogP contribution in [0.15, 0.2) is 29.6 Å². The predicted molar refractivity (Wildman–Crippen MR) is 69.9 cm³/mol. The number of hydrogen-bond acceptors (Lipinski definition) is 3. The summed E-state index contributed by atoms with van der Waals surface area (Å²) in [5.41, 5.74) is 1.45. The Labute approximate surface area is 109 Å². The molecule has 0 saturated heterocycles. The maximum absolute atomic E-state index is 13.1. The molecule has 5 heteroatoms. The van der Waals surface area contributed by atoms with Crippen molar-refractivity contribution in [2.75, 3.05) is 6.54 Å². The highest BCUT2D eigenvalue weighted by Gasteiger charge is 2.08. The Balaban J connectivity index is 2.13. The molecule has 94 valence electrons. The van der Waals surface area contributed by atoms with Gasteiger partial charge in [-0.1, -0.05) is 12.1 Å². The van der Waals surface area contributed by atoms with E-state index in [1.54, 1.807) is 12.1 Å². The van der Waals surface area contributed by atoms with Crippen molar-refractivity contribution in [2.45, 2.75) is 13.3 Å². The van der Waals surface area contributed by atoms with E-state index in [1.165, 1.54) is 23.5 Å². The Hall–Kier alpha value is -1.75. The lowest BCUT2D eigenvalue weighted by Crippen LogP contribution is -2.24. The molecule has 1 aromatic heterocycles. The van der Waals surface area contributed by atoms with Crippen molar-refractivity contribution in [2.24, 2.45) is 0 Å². The van der Waals surface area contributed by atoms with Gasteiger partial charge in [-0.3, -0.25) is 4.79 Å². The number of halogens is 1. The zero-order chi connectivity index (χ0) is 13.0. The van der Waals surface area contributed by atoms with Gasteiger partial charge in [-0.2, -0.15) is 0 Å². The van der Waals surface area contributed by atoms with Crippen LogP contribution in [0.5, 0.6) is 0 Å². The first kappa shape index (κ1) is 12.7. The molecule has 2 aromatic rings. The third-order valence-electron chi connectivity index (χ3n) is 2.34. The number of amides is 1. The van der Waals surface area contributed by atoms with Crippen molar-refractivity contribution in [3.63, 3.8) is 0 Å². The zero-order valence-electron chi connectivity index (χ0n) is 9.94. The molecular formula is C13H13FN2OS. The molecule has 0 fully saturated rings. The van der Waals surface area contributed by atoms with Crippen molar-refractivity contribution < 1.29 is 9.18 Å². The van der Waals surface area contributed by atoms with Crippen LogP contribution in [0.2, 0.25) is 0 Å². The van der Waals surface area contributed by atoms with Gasteiger partial charge in [0, 0.05) is 17.5 Å². The van der Waals surface area contributed by atoms with Gasteiger partial charge >= 0.3 is 0 Å².